The molecule has 8 aromatic carbocycles. The standard InChI is InChI=1S/C55H34N4/c1-3-15-35(16-4-1)37-27-31-39(32-28-37)52-57-53(40-33-29-38(30-34-40)36-17-5-2-6-18-36)59-54(58-52)51-44-22-8-7-21-43(44)49-50(56-51)45-23-11-14-26-48(45)55(49)46-24-12-9-19-41(46)42-20-10-13-25-47(42)55/h1-34H. The Morgan fingerprint density at radius 2 is 0.627 bits per heavy atom. The summed E-state index contributed by atoms with van der Waals surface area (Å²) in [6, 6.07) is 73.1. The van der Waals surface area contributed by atoms with Crippen LogP contribution in [0, 0.1) is 0 Å². The topological polar surface area (TPSA) is 51.6 Å². The molecule has 0 amide bonds. The van der Waals surface area contributed by atoms with Crippen LogP contribution in [0.25, 0.3) is 89.7 Å². The third-order valence-corrected chi connectivity index (χ3v) is 12.2. The highest BCUT2D eigenvalue weighted by molar-refractivity contribution is 6.06. The summed E-state index contributed by atoms with van der Waals surface area (Å²) in [5.74, 6) is 1.73. The van der Waals surface area contributed by atoms with Gasteiger partial charge in [-0.15, -0.1) is 0 Å². The predicted octanol–water partition coefficient (Wildman–Crippen LogP) is 13.1. The Balaban J connectivity index is 1.10. The minimum Gasteiger partial charge on any atom is -0.243 e. The quantitative estimate of drug-likeness (QED) is 0.176. The molecule has 0 saturated heterocycles. The summed E-state index contributed by atoms with van der Waals surface area (Å²) in [6.07, 6.45) is 0. The molecule has 0 saturated carbocycles. The van der Waals surface area contributed by atoms with Gasteiger partial charge in [0.25, 0.3) is 0 Å². The monoisotopic (exact) mass is 750 g/mol. The van der Waals surface area contributed by atoms with Crippen LogP contribution in [0.5, 0.6) is 0 Å². The lowest BCUT2D eigenvalue weighted by Gasteiger charge is -2.31. The van der Waals surface area contributed by atoms with Crippen molar-refractivity contribution in [3.05, 3.63) is 229 Å². The first-order valence-corrected chi connectivity index (χ1v) is 20.1. The zero-order chi connectivity index (χ0) is 38.9. The van der Waals surface area contributed by atoms with Gasteiger partial charge >= 0.3 is 0 Å². The molecule has 0 aliphatic heterocycles. The normalized spacial score (nSPS) is 12.9. The third-order valence-electron chi connectivity index (χ3n) is 12.2. The maximum Gasteiger partial charge on any atom is 0.183 e. The first-order valence-electron chi connectivity index (χ1n) is 20.1. The Bertz CT molecular complexity index is 3100. The summed E-state index contributed by atoms with van der Waals surface area (Å²) in [5.41, 5.74) is 16.3. The molecule has 0 N–H and O–H groups in total. The molecule has 1 spiro atoms. The lowest BCUT2D eigenvalue weighted by Crippen LogP contribution is -2.26. The zero-order valence-electron chi connectivity index (χ0n) is 31.9. The molecule has 2 aliphatic rings. The molecule has 59 heavy (non-hydrogen) atoms. The maximum atomic E-state index is 5.68. The molecule has 0 radical (unpaired) electrons. The van der Waals surface area contributed by atoms with Crippen LogP contribution in [0.3, 0.4) is 0 Å². The first-order chi connectivity index (χ1) is 29.3. The fraction of sp³-hybridized carbons (Fsp3) is 0.0182. The van der Waals surface area contributed by atoms with E-state index < -0.39 is 5.41 Å². The Morgan fingerprint density at radius 1 is 0.254 bits per heavy atom. The Hall–Kier alpha value is -7.82. The van der Waals surface area contributed by atoms with Gasteiger partial charge in [-0.05, 0) is 55.5 Å². The molecule has 12 rings (SSSR count). The van der Waals surface area contributed by atoms with Crippen molar-refractivity contribution in [3.63, 3.8) is 0 Å². The summed E-state index contributed by atoms with van der Waals surface area (Å²) in [4.78, 5) is 21.4. The van der Waals surface area contributed by atoms with Crippen molar-refractivity contribution in [1.82, 2.24) is 19.9 Å². The summed E-state index contributed by atoms with van der Waals surface area (Å²) < 4.78 is 0. The number of nitrogens with zero attached hydrogens (tertiary/aromatic N) is 4. The minimum absolute atomic E-state index is 0.527. The molecule has 2 heterocycles. The second kappa shape index (κ2) is 13.1. The molecule has 2 aromatic heterocycles. The molecule has 0 unspecified atom stereocenters. The first kappa shape index (κ1) is 33.3. The second-order valence-corrected chi connectivity index (χ2v) is 15.3. The summed E-state index contributed by atoms with van der Waals surface area (Å²) in [7, 11) is 0. The van der Waals surface area contributed by atoms with Gasteiger partial charge in [0.2, 0.25) is 0 Å². The Kier molecular flexibility index (Phi) is 7.41. The van der Waals surface area contributed by atoms with Gasteiger partial charge in [-0.2, -0.15) is 0 Å². The largest absolute Gasteiger partial charge is 0.243 e. The number of pyridine rings is 1. The van der Waals surface area contributed by atoms with Crippen molar-refractivity contribution >= 4 is 10.8 Å². The summed E-state index contributed by atoms with van der Waals surface area (Å²) in [5, 5.41) is 2.14. The average Bonchev–Trinajstić information content (AvgIpc) is 3.79. The molecule has 0 bridgehead atoms. The van der Waals surface area contributed by atoms with Crippen molar-refractivity contribution in [1.29, 1.82) is 0 Å². The fourth-order valence-corrected chi connectivity index (χ4v) is 9.58. The van der Waals surface area contributed by atoms with Gasteiger partial charge in [0.1, 0.15) is 5.69 Å². The van der Waals surface area contributed by atoms with Gasteiger partial charge in [-0.3, -0.25) is 0 Å². The van der Waals surface area contributed by atoms with Gasteiger partial charge in [-0.25, -0.2) is 19.9 Å². The lowest BCUT2D eigenvalue weighted by molar-refractivity contribution is 0.799. The van der Waals surface area contributed by atoms with E-state index in [1.54, 1.807) is 0 Å². The summed E-state index contributed by atoms with van der Waals surface area (Å²) in [6.45, 7) is 0. The van der Waals surface area contributed by atoms with E-state index in [2.05, 4.69) is 194 Å². The van der Waals surface area contributed by atoms with Gasteiger partial charge in [0.15, 0.2) is 17.5 Å². The van der Waals surface area contributed by atoms with Gasteiger partial charge in [-0.1, -0.05) is 206 Å². The van der Waals surface area contributed by atoms with Crippen molar-refractivity contribution in [3.8, 4) is 78.9 Å². The van der Waals surface area contributed by atoms with Crippen molar-refractivity contribution < 1.29 is 0 Å². The second-order valence-electron chi connectivity index (χ2n) is 15.3. The van der Waals surface area contributed by atoms with Gasteiger partial charge in [0.05, 0.1) is 11.1 Å². The molecule has 4 nitrogen and oxygen atoms in total. The number of benzene rings is 8. The number of rotatable bonds is 5. The van der Waals surface area contributed by atoms with Crippen LogP contribution in [-0.2, 0) is 5.41 Å². The van der Waals surface area contributed by atoms with Gasteiger partial charge in [0, 0.05) is 27.6 Å². The van der Waals surface area contributed by atoms with E-state index in [-0.39, 0.29) is 0 Å². The van der Waals surface area contributed by atoms with Gasteiger partial charge < -0.3 is 0 Å². The number of hydrogen-bond donors (Lipinski definition) is 0. The van der Waals surface area contributed by atoms with Crippen LogP contribution in [0.15, 0.2) is 206 Å². The highest BCUT2D eigenvalue weighted by Gasteiger charge is 2.53. The number of hydrogen-bond acceptors (Lipinski definition) is 4. The third kappa shape index (κ3) is 5.03. The van der Waals surface area contributed by atoms with Crippen molar-refractivity contribution in [2.24, 2.45) is 0 Å². The fourth-order valence-electron chi connectivity index (χ4n) is 9.58. The van der Waals surface area contributed by atoms with E-state index in [0.29, 0.717) is 17.5 Å². The molecular formula is C55H34N4. The molecule has 4 heteroatoms. The summed E-state index contributed by atoms with van der Waals surface area (Å²) >= 11 is 0. The van der Waals surface area contributed by atoms with Crippen LogP contribution < -0.4 is 0 Å². The van der Waals surface area contributed by atoms with Crippen LogP contribution in [0.2, 0.25) is 0 Å². The molecule has 0 fully saturated rings. The van der Waals surface area contributed by atoms with Crippen LogP contribution >= 0.6 is 0 Å². The van der Waals surface area contributed by atoms with E-state index in [1.807, 2.05) is 12.1 Å². The maximum absolute atomic E-state index is 5.68. The molecule has 0 atom stereocenters. The average molecular weight is 751 g/mol. The van der Waals surface area contributed by atoms with E-state index in [0.717, 1.165) is 61.1 Å². The highest BCUT2D eigenvalue weighted by Crippen LogP contribution is 2.64. The molecule has 2 aliphatic carbocycles. The number of aromatic nitrogens is 4. The van der Waals surface area contributed by atoms with E-state index >= 15 is 0 Å². The molecule has 10 aromatic rings. The van der Waals surface area contributed by atoms with E-state index in [9.17, 15) is 0 Å². The van der Waals surface area contributed by atoms with Crippen LogP contribution in [0.1, 0.15) is 22.3 Å². The molecule has 274 valence electrons. The van der Waals surface area contributed by atoms with Crippen molar-refractivity contribution in [2.45, 2.75) is 5.41 Å². The SMILES string of the molecule is c1ccc(-c2ccc(-c3nc(-c4ccc(-c5ccccc5)cc4)nc(-c4nc5c(c6ccccc46)C4(c6ccccc6-c6ccccc64)c4ccccc4-5)n3)cc2)cc1. The minimum atomic E-state index is -0.527. The molecular weight excluding hydrogens is 717 g/mol. The van der Waals surface area contributed by atoms with Crippen LogP contribution in [0.4, 0.5) is 0 Å². The number of fused-ring (bicyclic) bond motifs is 12. The smallest absolute Gasteiger partial charge is 0.183 e. The Labute approximate surface area is 342 Å². The van der Waals surface area contributed by atoms with E-state index in [1.165, 1.54) is 33.4 Å². The lowest BCUT2D eigenvalue weighted by atomic mass is 9.69. The highest BCUT2D eigenvalue weighted by atomic mass is 15.0. The Morgan fingerprint density at radius 3 is 1.15 bits per heavy atom. The van der Waals surface area contributed by atoms with Crippen molar-refractivity contribution in [2.75, 3.05) is 0 Å². The van der Waals surface area contributed by atoms with Crippen LogP contribution in [-0.4, -0.2) is 19.9 Å². The predicted molar refractivity (Wildman–Crippen MR) is 239 cm³/mol. The van der Waals surface area contributed by atoms with E-state index in [4.69, 9.17) is 19.9 Å². The zero-order valence-corrected chi connectivity index (χ0v) is 31.9.